The number of benzene rings is 2. The second kappa shape index (κ2) is 7.89. The summed E-state index contributed by atoms with van der Waals surface area (Å²) in [5, 5.41) is 12.4. The lowest BCUT2D eigenvalue weighted by Crippen LogP contribution is -2.48. The summed E-state index contributed by atoms with van der Waals surface area (Å²) in [6.07, 6.45) is 9.88. The fraction of sp³-hybridized carbons (Fsp3) is 0.407. The molecule has 6 rings (SSSR count). The summed E-state index contributed by atoms with van der Waals surface area (Å²) in [5.74, 6) is 3.07. The zero-order valence-electron chi connectivity index (χ0n) is 17.9. The van der Waals surface area contributed by atoms with Crippen LogP contribution in [0.3, 0.4) is 0 Å². The molecular weight excluding hydrogens is 384 g/mol. The first-order chi connectivity index (χ1) is 15.1. The van der Waals surface area contributed by atoms with E-state index < -0.39 is 0 Å². The van der Waals surface area contributed by atoms with Crippen LogP contribution in [-0.2, 0) is 10.2 Å². The summed E-state index contributed by atoms with van der Waals surface area (Å²) < 4.78 is 5.15. The number of carbonyl (C=O) groups is 1. The molecule has 0 spiro atoms. The van der Waals surface area contributed by atoms with E-state index in [9.17, 15) is 10.1 Å². The van der Waals surface area contributed by atoms with E-state index in [1.807, 2.05) is 42.5 Å². The van der Waals surface area contributed by atoms with Gasteiger partial charge in [0.15, 0.2) is 0 Å². The van der Waals surface area contributed by atoms with Gasteiger partial charge in [0.1, 0.15) is 17.4 Å². The molecule has 4 saturated carbocycles. The SMILES string of the molecule is COc1ccc(/C=C(\C#N)C(=O)Nc2ccc(C34CC5CC(CC(C5)C3)C4)cc2)cc1. The van der Waals surface area contributed by atoms with Crippen molar-refractivity contribution in [3.63, 3.8) is 0 Å². The van der Waals surface area contributed by atoms with E-state index in [1.165, 1.54) is 44.1 Å². The summed E-state index contributed by atoms with van der Waals surface area (Å²) in [5.41, 5.74) is 3.37. The van der Waals surface area contributed by atoms with Gasteiger partial charge in [-0.15, -0.1) is 0 Å². The predicted octanol–water partition coefficient (Wildman–Crippen LogP) is 5.71. The van der Waals surface area contributed by atoms with Crippen LogP contribution in [0.5, 0.6) is 5.75 Å². The van der Waals surface area contributed by atoms with E-state index in [0.29, 0.717) is 5.41 Å². The van der Waals surface area contributed by atoms with Gasteiger partial charge >= 0.3 is 0 Å². The number of nitrogens with one attached hydrogen (secondary N) is 1. The number of rotatable bonds is 5. The fourth-order valence-corrected chi connectivity index (χ4v) is 6.59. The Kier molecular flexibility index (Phi) is 5.06. The van der Waals surface area contributed by atoms with Crippen LogP contribution in [0, 0.1) is 29.1 Å². The third-order valence-corrected chi connectivity index (χ3v) is 7.59. The van der Waals surface area contributed by atoms with Gasteiger partial charge in [0.2, 0.25) is 0 Å². The number of methoxy groups -OCH3 is 1. The molecule has 4 nitrogen and oxygen atoms in total. The lowest BCUT2D eigenvalue weighted by molar-refractivity contribution is -0.112. The first-order valence-corrected chi connectivity index (χ1v) is 11.2. The fourth-order valence-electron chi connectivity index (χ4n) is 6.59. The van der Waals surface area contributed by atoms with Crippen LogP contribution in [0.15, 0.2) is 54.1 Å². The largest absolute Gasteiger partial charge is 0.497 e. The van der Waals surface area contributed by atoms with Crippen LogP contribution >= 0.6 is 0 Å². The van der Waals surface area contributed by atoms with E-state index in [0.717, 1.165) is 34.8 Å². The Morgan fingerprint density at radius 2 is 1.58 bits per heavy atom. The van der Waals surface area contributed by atoms with Gasteiger partial charge in [0, 0.05) is 5.69 Å². The minimum absolute atomic E-state index is 0.0790. The van der Waals surface area contributed by atoms with Crippen molar-refractivity contribution in [3.05, 3.63) is 65.2 Å². The zero-order valence-corrected chi connectivity index (χ0v) is 17.9. The molecule has 2 aromatic rings. The molecule has 0 aromatic heterocycles. The van der Waals surface area contributed by atoms with Gasteiger partial charge in [-0.1, -0.05) is 24.3 Å². The maximum Gasteiger partial charge on any atom is 0.266 e. The Bertz CT molecular complexity index is 1010. The van der Waals surface area contributed by atoms with Crippen LogP contribution < -0.4 is 10.1 Å². The Labute approximate surface area is 183 Å². The van der Waals surface area contributed by atoms with Gasteiger partial charge in [0.05, 0.1) is 7.11 Å². The van der Waals surface area contributed by atoms with Crippen molar-refractivity contribution in [1.82, 2.24) is 0 Å². The first kappa shape index (κ1) is 19.9. The van der Waals surface area contributed by atoms with Crippen molar-refractivity contribution < 1.29 is 9.53 Å². The standard InChI is InChI=1S/C27H28N2O2/c1-31-25-8-2-18(3-9-25)13-22(17-28)26(30)29-24-6-4-23(5-7-24)27-14-19-10-20(15-27)12-21(11-19)16-27/h2-9,13,19-21H,10-12,14-16H2,1H3,(H,29,30)/b22-13+. The lowest BCUT2D eigenvalue weighted by Gasteiger charge is -2.57. The normalized spacial score (nSPS) is 28.8. The van der Waals surface area contributed by atoms with Crippen LogP contribution in [-0.4, -0.2) is 13.0 Å². The molecule has 4 aliphatic rings. The molecule has 1 N–H and O–H groups in total. The number of ether oxygens (including phenoxy) is 1. The van der Waals surface area contributed by atoms with Crippen molar-refractivity contribution in [2.24, 2.45) is 17.8 Å². The maximum atomic E-state index is 12.7. The number of amides is 1. The molecule has 4 heteroatoms. The summed E-state index contributed by atoms with van der Waals surface area (Å²) in [7, 11) is 1.60. The number of hydrogen-bond acceptors (Lipinski definition) is 3. The molecule has 158 valence electrons. The predicted molar refractivity (Wildman–Crippen MR) is 122 cm³/mol. The van der Waals surface area contributed by atoms with Crippen molar-refractivity contribution in [2.45, 2.75) is 43.9 Å². The Morgan fingerprint density at radius 3 is 2.10 bits per heavy atom. The summed E-state index contributed by atoms with van der Waals surface area (Å²) in [6.45, 7) is 0. The Hall–Kier alpha value is -3.06. The minimum Gasteiger partial charge on any atom is -0.497 e. The number of carbonyl (C=O) groups excluding carboxylic acids is 1. The van der Waals surface area contributed by atoms with Crippen molar-refractivity contribution in [2.75, 3.05) is 12.4 Å². The molecular formula is C27H28N2O2. The van der Waals surface area contributed by atoms with E-state index in [1.54, 1.807) is 13.2 Å². The van der Waals surface area contributed by atoms with Crippen LogP contribution in [0.2, 0.25) is 0 Å². The number of anilines is 1. The number of nitriles is 1. The van der Waals surface area contributed by atoms with Crippen LogP contribution in [0.25, 0.3) is 6.08 Å². The quantitative estimate of drug-likeness (QED) is 0.505. The maximum absolute atomic E-state index is 12.7. The van der Waals surface area contributed by atoms with Crippen molar-refractivity contribution >= 4 is 17.7 Å². The van der Waals surface area contributed by atoms with Crippen molar-refractivity contribution in [1.29, 1.82) is 5.26 Å². The number of nitrogens with zero attached hydrogens (tertiary/aromatic N) is 1. The highest BCUT2D eigenvalue weighted by Gasteiger charge is 2.51. The molecule has 0 radical (unpaired) electrons. The molecule has 4 aliphatic carbocycles. The second-order valence-electron chi connectivity index (χ2n) is 9.67. The first-order valence-electron chi connectivity index (χ1n) is 11.2. The highest BCUT2D eigenvalue weighted by atomic mass is 16.5. The third-order valence-electron chi connectivity index (χ3n) is 7.59. The monoisotopic (exact) mass is 412 g/mol. The van der Waals surface area contributed by atoms with Gasteiger partial charge < -0.3 is 10.1 Å². The zero-order chi connectivity index (χ0) is 21.4. The smallest absolute Gasteiger partial charge is 0.266 e. The van der Waals surface area contributed by atoms with Gasteiger partial charge in [0.25, 0.3) is 5.91 Å². The van der Waals surface area contributed by atoms with Gasteiger partial charge in [-0.25, -0.2) is 0 Å². The molecule has 0 saturated heterocycles. The molecule has 0 aliphatic heterocycles. The van der Waals surface area contributed by atoms with Crippen LogP contribution in [0.4, 0.5) is 5.69 Å². The molecule has 31 heavy (non-hydrogen) atoms. The number of hydrogen-bond donors (Lipinski definition) is 1. The molecule has 0 atom stereocenters. The summed E-state index contributed by atoms with van der Waals surface area (Å²) >= 11 is 0. The summed E-state index contributed by atoms with van der Waals surface area (Å²) in [6, 6.07) is 17.7. The highest BCUT2D eigenvalue weighted by Crippen LogP contribution is 2.60. The Morgan fingerprint density at radius 1 is 1.00 bits per heavy atom. The molecule has 4 fully saturated rings. The third kappa shape index (κ3) is 3.85. The molecule has 4 bridgehead atoms. The van der Waals surface area contributed by atoms with Gasteiger partial charge in [-0.05, 0) is 103 Å². The Balaban J connectivity index is 1.29. The topological polar surface area (TPSA) is 62.1 Å². The van der Waals surface area contributed by atoms with Crippen LogP contribution in [0.1, 0.15) is 49.7 Å². The lowest BCUT2D eigenvalue weighted by atomic mass is 9.48. The highest BCUT2D eigenvalue weighted by molar-refractivity contribution is 6.09. The average Bonchev–Trinajstić information content (AvgIpc) is 2.77. The van der Waals surface area contributed by atoms with E-state index in [-0.39, 0.29) is 11.5 Å². The molecule has 2 aromatic carbocycles. The van der Waals surface area contributed by atoms with E-state index in [2.05, 4.69) is 17.4 Å². The summed E-state index contributed by atoms with van der Waals surface area (Å²) in [4.78, 5) is 12.7. The molecule has 0 unspecified atom stereocenters. The van der Waals surface area contributed by atoms with Gasteiger partial charge in [-0.3, -0.25) is 4.79 Å². The molecule has 1 amide bonds. The molecule has 0 heterocycles. The van der Waals surface area contributed by atoms with Crippen molar-refractivity contribution in [3.8, 4) is 11.8 Å². The minimum atomic E-state index is -0.388. The van der Waals surface area contributed by atoms with E-state index in [4.69, 9.17) is 4.74 Å². The van der Waals surface area contributed by atoms with E-state index >= 15 is 0 Å². The van der Waals surface area contributed by atoms with Gasteiger partial charge in [-0.2, -0.15) is 5.26 Å². The second-order valence-corrected chi connectivity index (χ2v) is 9.67. The average molecular weight is 413 g/mol.